The van der Waals surface area contributed by atoms with E-state index >= 15 is 0 Å². The van der Waals surface area contributed by atoms with Crippen LogP contribution in [0.15, 0.2) is 36.8 Å². The first-order valence-electron chi connectivity index (χ1n) is 6.16. The van der Waals surface area contributed by atoms with Gasteiger partial charge in [0.05, 0.1) is 24.7 Å². The number of benzene rings is 1. The Balaban J connectivity index is 2.15. The highest BCUT2D eigenvalue weighted by Gasteiger charge is 2.10. The first-order valence-corrected chi connectivity index (χ1v) is 6.16. The molecule has 2 heterocycles. The molecule has 0 aliphatic heterocycles. The van der Waals surface area contributed by atoms with E-state index in [1.165, 1.54) is 0 Å². The molecule has 2 aromatic heterocycles. The third kappa shape index (κ3) is 2.03. The molecule has 1 aromatic carbocycles. The van der Waals surface area contributed by atoms with Crippen molar-refractivity contribution < 1.29 is 4.74 Å². The van der Waals surface area contributed by atoms with Crippen molar-refractivity contribution >= 4 is 11.2 Å². The first kappa shape index (κ1) is 11.6. The number of aromatic nitrogens is 4. The van der Waals surface area contributed by atoms with E-state index in [0.717, 1.165) is 22.5 Å². The molecular weight excluding hydrogens is 240 g/mol. The van der Waals surface area contributed by atoms with Gasteiger partial charge in [0, 0.05) is 7.05 Å². The van der Waals surface area contributed by atoms with Crippen LogP contribution in [0.1, 0.15) is 6.92 Å². The predicted octanol–water partition coefficient (Wildman–Crippen LogP) is 2.43. The normalized spacial score (nSPS) is 10.8. The monoisotopic (exact) mass is 254 g/mol. The van der Waals surface area contributed by atoms with Crippen LogP contribution in [-0.2, 0) is 7.05 Å². The van der Waals surface area contributed by atoms with Crippen LogP contribution in [0.4, 0.5) is 0 Å². The molecule has 3 aromatic rings. The molecule has 19 heavy (non-hydrogen) atoms. The summed E-state index contributed by atoms with van der Waals surface area (Å²) in [5.74, 6) is 1.45. The molecule has 0 saturated heterocycles. The number of rotatable bonds is 3. The zero-order valence-electron chi connectivity index (χ0n) is 10.9. The number of imidazole rings is 1. The second-order valence-electron chi connectivity index (χ2n) is 4.19. The van der Waals surface area contributed by atoms with Crippen LogP contribution in [0.3, 0.4) is 0 Å². The van der Waals surface area contributed by atoms with Crippen molar-refractivity contribution in [2.75, 3.05) is 6.61 Å². The fraction of sp³-hybridized carbons (Fsp3) is 0.214. The second-order valence-corrected chi connectivity index (χ2v) is 4.19. The number of para-hydroxylation sites is 1. The van der Waals surface area contributed by atoms with Crippen molar-refractivity contribution in [3.05, 3.63) is 36.8 Å². The number of nitrogens with zero attached hydrogens (tertiary/aromatic N) is 4. The first-order chi connectivity index (χ1) is 9.29. The van der Waals surface area contributed by atoms with Crippen LogP contribution in [0, 0.1) is 0 Å². The van der Waals surface area contributed by atoms with E-state index in [2.05, 4.69) is 15.0 Å². The number of hydrogen-bond acceptors (Lipinski definition) is 4. The van der Waals surface area contributed by atoms with Gasteiger partial charge >= 0.3 is 0 Å². The van der Waals surface area contributed by atoms with Crippen molar-refractivity contribution in [2.45, 2.75) is 6.92 Å². The van der Waals surface area contributed by atoms with Gasteiger partial charge < -0.3 is 9.30 Å². The van der Waals surface area contributed by atoms with Gasteiger partial charge in [-0.05, 0) is 19.1 Å². The van der Waals surface area contributed by atoms with Gasteiger partial charge in [0.2, 0.25) is 0 Å². The summed E-state index contributed by atoms with van der Waals surface area (Å²) in [7, 11) is 1.92. The number of ether oxygens (including phenoxy) is 1. The SMILES string of the molecule is CCOc1ccccc1-c1ncc2ncn(C)c2n1. The fourth-order valence-corrected chi connectivity index (χ4v) is 1.98. The molecule has 0 atom stereocenters. The van der Waals surface area contributed by atoms with E-state index in [1.54, 1.807) is 12.5 Å². The molecule has 0 aliphatic rings. The molecule has 0 saturated carbocycles. The molecule has 0 aliphatic carbocycles. The van der Waals surface area contributed by atoms with Gasteiger partial charge in [-0.25, -0.2) is 15.0 Å². The average Bonchev–Trinajstić information content (AvgIpc) is 2.81. The molecule has 0 N–H and O–H groups in total. The minimum absolute atomic E-state index is 0.616. The van der Waals surface area contributed by atoms with Crippen molar-refractivity contribution in [1.82, 2.24) is 19.5 Å². The minimum atomic E-state index is 0.616. The summed E-state index contributed by atoms with van der Waals surface area (Å²) in [5, 5.41) is 0. The highest BCUT2D eigenvalue weighted by Crippen LogP contribution is 2.27. The quantitative estimate of drug-likeness (QED) is 0.720. The van der Waals surface area contributed by atoms with Gasteiger partial charge in [0.25, 0.3) is 0 Å². The second kappa shape index (κ2) is 4.68. The summed E-state index contributed by atoms with van der Waals surface area (Å²) in [4.78, 5) is 13.1. The Hall–Kier alpha value is -2.43. The Bertz CT molecular complexity index is 720. The minimum Gasteiger partial charge on any atom is -0.493 e. The average molecular weight is 254 g/mol. The maximum Gasteiger partial charge on any atom is 0.165 e. The molecule has 96 valence electrons. The lowest BCUT2D eigenvalue weighted by Gasteiger charge is -2.08. The Labute approximate surface area is 110 Å². The molecule has 0 radical (unpaired) electrons. The number of aryl methyl sites for hydroxylation is 1. The molecule has 5 heteroatoms. The summed E-state index contributed by atoms with van der Waals surface area (Å²) in [6.07, 6.45) is 3.47. The molecule has 5 nitrogen and oxygen atoms in total. The lowest BCUT2D eigenvalue weighted by atomic mass is 10.2. The Morgan fingerprint density at radius 1 is 1.21 bits per heavy atom. The lowest BCUT2D eigenvalue weighted by molar-refractivity contribution is 0.341. The fourth-order valence-electron chi connectivity index (χ4n) is 1.98. The predicted molar refractivity (Wildman–Crippen MR) is 72.9 cm³/mol. The summed E-state index contributed by atoms with van der Waals surface area (Å²) in [6, 6.07) is 7.78. The van der Waals surface area contributed by atoms with Crippen LogP contribution in [0.25, 0.3) is 22.6 Å². The van der Waals surface area contributed by atoms with E-state index < -0.39 is 0 Å². The van der Waals surface area contributed by atoms with Gasteiger partial charge in [-0.1, -0.05) is 12.1 Å². The van der Waals surface area contributed by atoms with Crippen LogP contribution in [0.5, 0.6) is 5.75 Å². The number of fused-ring (bicyclic) bond motifs is 1. The summed E-state index contributed by atoms with van der Waals surface area (Å²) in [5.41, 5.74) is 2.50. The van der Waals surface area contributed by atoms with Crippen LogP contribution >= 0.6 is 0 Å². The third-order valence-corrected chi connectivity index (χ3v) is 2.88. The van der Waals surface area contributed by atoms with Crippen molar-refractivity contribution in [2.24, 2.45) is 7.05 Å². The van der Waals surface area contributed by atoms with E-state index in [-0.39, 0.29) is 0 Å². The zero-order valence-corrected chi connectivity index (χ0v) is 10.9. The highest BCUT2D eigenvalue weighted by molar-refractivity contribution is 5.74. The van der Waals surface area contributed by atoms with Crippen molar-refractivity contribution in [3.8, 4) is 17.1 Å². The maximum absolute atomic E-state index is 5.61. The highest BCUT2D eigenvalue weighted by atomic mass is 16.5. The molecule has 0 spiro atoms. The van der Waals surface area contributed by atoms with Gasteiger partial charge in [-0.2, -0.15) is 0 Å². The van der Waals surface area contributed by atoms with Gasteiger partial charge in [0.15, 0.2) is 11.5 Å². The molecule has 0 bridgehead atoms. The van der Waals surface area contributed by atoms with Gasteiger partial charge in [0.1, 0.15) is 11.3 Å². The number of hydrogen-bond donors (Lipinski definition) is 0. The van der Waals surface area contributed by atoms with Crippen LogP contribution in [0.2, 0.25) is 0 Å². The topological polar surface area (TPSA) is 52.8 Å². The largest absolute Gasteiger partial charge is 0.493 e. The summed E-state index contributed by atoms with van der Waals surface area (Å²) in [6.45, 7) is 2.58. The smallest absolute Gasteiger partial charge is 0.165 e. The summed E-state index contributed by atoms with van der Waals surface area (Å²) >= 11 is 0. The Kier molecular flexibility index (Phi) is 2.87. The summed E-state index contributed by atoms with van der Waals surface area (Å²) < 4.78 is 7.49. The Morgan fingerprint density at radius 2 is 2.05 bits per heavy atom. The lowest BCUT2D eigenvalue weighted by Crippen LogP contribution is -1.97. The third-order valence-electron chi connectivity index (χ3n) is 2.88. The van der Waals surface area contributed by atoms with Crippen LogP contribution < -0.4 is 4.74 Å². The molecule has 0 fully saturated rings. The molecule has 0 unspecified atom stereocenters. The molecule has 0 amide bonds. The van der Waals surface area contributed by atoms with E-state index in [9.17, 15) is 0 Å². The van der Waals surface area contributed by atoms with E-state index in [0.29, 0.717) is 12.4 Å². The Morgan fingerprint density at radius 3 is 2.89 bits per heavy atom. The van der Waals surface area contributed by atoms with Crippen molar-refractivity contribution in [1.29, 1.82) is 0 Å². The van der Waals surface area contributed by atoms with Gasteiger partial charge in [-0.15, -0.1) is 0 Å². The standard InChI is InChI=1S/C14H14N4O/c1-3-19-12-7-5-4-6-10(12)13-15-8-11-14(17-13)18(2)9-16-11/h4-9H,3H2,1-2H3. The van der Waals surface area contributed by atoms with E-state index in [4.69, 9.17) is 4.74 Å². The van der Waals surface area contributed by atoms with E-state index in [1.807, 2.05) is 42.8 Å². The molecular formula is C14H14N4O. The van der Waals surface area contributed by atoms with Crippen LogP contribution in [-0.4, -0.2) is 26.1 Å². The zero-order chi connectivity index (χ0) is 13.2. The molecule has 3 rings (SSSR count). The van der Waals surface area contributed by atoms with Gasteiger partial charge in [-0.3, -0.25) is 0 Å². The van der Waals surface area contributed by atoms with Crippen molar-refractivity contribution in [3.63, 3.8) is 0 Å². The maximum atomic E-state index is 5.61.